The Morgan fingerprint density at radius 2 is 1.95 bits per heavy atom. The van der Waals surface area contributed by atoms with Crippen molar-refractivity contribution in [3.63, 3.8) is 0 Å². The van der Waals surface area contributed by atoms with Crippen LogP contribution in [-0.4, -0.2) is 7.11 Å². The van der Waals surface area contributed by atoms with Crippen LogP contribution in [0.15, 0.2) is 36.1 Å². The maximum absolute atomic E-state index is 9.56. The number of hydrogen-bond donors (Lipinski definition) is 0. The number of methoxy groups -OCH3 is 1. The number of hydrogen-bond acceptors (Lipinski definition) is 2. The molecule has 2 rings (SSSR count). The first-order chi connectivity index (χ1) is 9.70. The van der Waals surface area contributed by atoms with Gasteiger partial charge in [-0.05, 0) is 49.0 Å². The van der Waals surface area contributed by atoms with Gasteiger partial charge in [-0.25, -0.2) is 0 Å². The first-order valence-corrected chi connectivity index (χ1v) is 7.46. The van der Waals surface area contributed by atoms with Crippen molar-refractivity contribution in [1.29, 1.82) is 5.26 Å². The summed E-state index contributed by atoms with van der Waals surface area (Å²) < 4.78 is 5.04. The van der Waals surface area contributed by atoms with Crippen molar-refractivity contribution >= 4 is 11.6 Å². The third kappa shape index (κ3) is 3.77. The van der Waals surface area contributed by atoms with E-state index >= 15 is 0 Å². The van der Waals surface area contributed by atoms with E-state index < -0.39 is 5.41 Å². The molecule has 1 fully saturated rings. The van der Waals surface area contributed by atoms with E-state index in [2.05, 4.69) is 6.07 Å². The van der Waals surface area contributed by atoms with Crippen molar-refractivity contribution < 1.29 is 4.74 Å². The summed E-state index contributed by atoms with van der Waals surface area (Å²) in [6.45, 7) is 4.00. The highest BCUT2D eigenvalue weighted by atomic mass is 35.5. The third-order valence-corrected chi connectivity index (χ3v) is 3.86. The Balaban J connectivity index is 0.000000956. The largest absolute Gasteiger partial charge is 0.504 e. The van der Waals surface area contributed by atoms with Gasteiger partial charge in [0.25, 0.3) is 0 Å². The number of ether oxygens (including phenoxy) is 1. The van der Waals surface area contributed by atoms with Crippen LogP contribution in [0, 0.1) is 11.3 Å². The quantitative estimate of drug-likeness (QED) is 0.699. The van der Waals surface area contributed by atoms with Gasteiger partial charge in [0.1, 0.15) is 0 Å². The van der Waals surface area contributed by atoms with Crippen LogP contribution in [-0.2, 0) is 10.2 Å². The predicted octanol–water partition coefficient (Wildman–Crippen LogP) is 5.23. The summed E-state index contributed by atoms with van der Waals surface area (Å²) in [6, 6.07) is 10.2. The minimum atomic E-state index is -0.393. The Morgan fingerprint density at radius 3 is 2.45 bits per heavy atom. The van der Waals surface area contributed by atoms with E-state index in [9.17, 15) is 5.26 Å². The molecule has 0 N–H and O–H groups in total. The van der Waals surface area contributed by atoms with Gasteiger partial charge in [0.2, 0.25) is 0 Å². The minimum Gasteiger partial charge on any atom is -0.504 e. The van der Waals surface area contributed by atoms with Crippen LogP contribution in [0.3, 0.4) is 0 Å². The van der Waals surface area contributed by atoms with E-state index in [1.807, 2.05) is 38.1 Å². The van der Waals surface area contributed by atoms with Crippen molar-refractivity contribution in [3.05, 3.63) is 46.7 Å². The van der Waals surface area contributed by atoms with Crippen molar-refractivity contribution in [3.8, 4) is 6.07 Å². The summed E-state index contributed by atoms with van der Waals surface area (Å²) in [5.41, 5.74) is 1.93. The average molecular weight is 292 g/mol. The van der Waals surface area contributed by atoms with Crippen molar-refractivity contribution in [2.24, 2.45) is 0 Å². The van der Waals surface area contributed by atoms with Crippen LogP contribution >= 0.6 is 11.6 Å². The molecule has 0 spiro atoms. The number of benzene rings is 1. The van der Waals surface area contributed by atoms with Crippen LogP contribution in [0.4, 0.5) is 0 Å². The van der Waals surface area contributed by atoms with Gasteiger partial charge in [-0.2, -0.15) is 5.26 Å². The van der Waals surface area contributed by atoms with E-state index in [1.54, 1.807) is 13.4 Å². The average Bonchev–Trinajstić information content (AvgIpc) is 2.51. The second-order valence-electron chi connectivity index (χ2n) is 4.72. The molecular weight excluding hydrogens is 270 g/mol. The Bertz CT molecular complexity index is 492. The lowest BCUT2D eigenvalue weighted by Crippen LogP contribution is -2.27. The fraction of sp³-hybridized carbons (Fsp3) is 0.471. The Hall–Kier alpha value is -1.46. The first-order valence-electron chi connectivity index (χ1n) is 7.08. The van der Waals surface area contributed by atoms with E-state index in [0.29, 0.717) is 5.02 Å². The lowest BCUT2D eigenvalue weighted by atomic mass is 9.69. The highest BCUT2D eigenvalue weighted by Gasteiger charge is 2.35. The molecule has 0 heterocycles. The summed E-state index contributed by atoms with van der Waals surface area (Å²) >= 11 is 6.02. The molecule has 108 valence electrons. The van der Waals surface area contributed by atoms with Crippen LogP contribution in [0.5, 0.6) is 0 Å². The summed E-state index contributed by atoms with van der Waals surface area (Å²) in [6.07, 6.45) is 5.29. The molecule has 0 unspecified atom stereocenters. The number of halogens is 1. The smallest absolute Gasteiger partial charge is 0.0829 e. The molecule has 1 aliphatic carbocycles. The molecule has 0 saturated heterocycles. The van der Waals surface area contributed by atoms with Crippen molar-refractivity contribution in [2.45, 2.75) is 44.9 Å². The molecule has 0 aliphatic heterocycles. The third-order valence-electron chi connectivity index (χ3n) is 3.62. The van der Waals surface area contributed by atoms with Crippen molar-refractivity contribution in [1.82, 2.24) is 0 Å². The van der Waals surface area contributed by atoms with Crippen LogP contribution in [0.25, 0.3) is 0 Å². The summed E-state index contributed by atoms with van der Waals surface area (Å²) in [4.78, 5) is 0. The second kappa shape index (κ2) is 7.97. The molecule has 1 aromatic carbocycles. The molecular formula is C17H22ClNO. The molecule has 2 nitrogen and oxygen atoms in total. The topological polar surface area (TPSA) is 33.0 Å². The number of nitriles is 1. The molecule has 0 aromatic heterocycles. The Morgan fingerprint density at radius 1 is 1.30 bits per heavy atom. The zero-order chi connectivity index (χ0) is 15.0. The van der Waals surface area contributed by atoms with Gasteiger partial charge in [-0.15, -0.1) is 0 Å². The molecule has 1 aromatic rings. The maximum atomic E-state index is 9.56. The minimum absolute atomic E-state index is 0.393. The summed E-state index contributed by atoms with van der Waals surface area (Å²) in [5.74, 6) is 0. The number of rotatable bonds is 2. The fourth-order valence-corrected chi connectivity index (χ4v) is 2.72. The summed E-state index contributed by atoms with van der Waals surface area (Å²) in [7, 11) is 1.66. The van der Waals surface area contributed by atoms with Gasteiger partial charge in [0.05, 0.1) is 24.9 Å². The van der Waals surface area contributed by atoms with Gasteiger partial charge in [0, 0.05) is 5.02 Å². The van der Waals surface area contributed by atoms with Gasteiger partial charge >= 0.3 is 0 Å². The number of nitrogens with zero attached hydrogens (tertiary/aromatic N) is 1. The molecule has 0 bridgehead atoms. The normalized spacial score (nSPS) is 21.2. The Labute approximate surface area is 127 Å². The highest BCUT2D eigenvalue weighted by Crippen LogP contribution is 2.41. The van der Waals surface area contributed by atoms with E-state index in [0.717, 1.165) is 31.2 Å². The standard InChI is InChI=1S/C15H16ClNO.C2H6/c1-18-10-12-5-7-15(11-17,8-6-12)13-3-2-4-14(16)9-13;1-2/h2-4,9-10H,5-8H2,1H3;1-2H3. The maximum Gasteiger partial charge on any atom is 0.0829 e. The molecule has 20 heavy (non-hydrogen) atoms. The first kappa shape index (κ1) is 16.6. The fourth-order valence-electron chi connectivity index (χ4n) is 2.53. The van der Waals surface area contributed by atoms with Crippen LogP contribution in [0.1, 0.15) is 45.1 Å². The molecule has 3 heteroatoms. The van der Waals surface area contributed by atoms with E-state index in [4.69, 9.17) is 16.3 Å². The SMILES string of the molecule is CC.COC=C1CCC(C#N)(c2cccc(Cl)c2)CC1. The van der Waals surface area contributed by atoms with Crippen molar-refractivity contribution in [2.75, 3.05) is 7.11 Å². The lowest BCUT2D eigenvalue weighted by molar-refractivity contribution is 0.321. The molecule has 1 saturated carbocycles. The van der Waals surface area contributed by atoms with Crippen LogP contribution < -0.4 is 0 Å². The van der Waals surface area contributed by atoms with E-state index in [-0.39, 0.29) is 0 Å². The molecule has 1 aliphatic rings. The second-order valence-corrected chi connectivity index (χ2v) is 5.15. The summed E-state index contributed by atoms with van der Waals surface area (Å²) in [5, 5.41) is 10.3. The number of allylic oxidation sites excluding steroid dienone is 1. The van der Waals surface area contributed by atoms with Gasteiger partial charge in [-0.1, -0.05) is 37.6 Å². The van der Waals surface area contributed by atoms with Gasteiger partial charge in [-0.3, -0.25) is 0 Å². The zero-order valence-corrected chi connectivity index (χ0v) is 13.2. The molecule has 0 radical (unpaired) electrons. The van der Waals surface area contributed by atoms with Gasteiger partial charge in [0.15, 0.2) is 0 Å². The van der Waals surface area contributed by atoms with Crippen LogP contribution in [0.2, 0.25) is 5.02 Å². The monoisotopic (exact) mass is 291 g/mol. The molecule has 0 atom stereocenters. The predicted molar refractivity (Wildman–Crippen MR) is 83.7 cm³/mol. The Kier molecular flexibility index (Phi) is 6.61. The van der Waals surface area contributed by atoms with E-state index in [1.165, 1.54) is 5.57 Å². The molecule has 0 amide bonds. The lowest BCUT2D eigenvalue weighted by Gasteiger charge is -2.32. The highest BCUT2D eigenvalue weighted by molar-refractivity contribution is 6.30. The zero-order valence-electron chi connectivity index (χ0n) is 12.4. The van der Waals surface area contributed by atoms with Gasteiger partial charge < -0.3 is 4.74 Å².